The van der Waals surface area contributed by atoms with Gasteiger partial charge in [0.15, 0.2) is 0 Å². The molecule has 1 aromatic carbocycles. The average Bonchev–Trinajstić information content (AvgIpc) is 2.98. The van der Waals surface area contributed by atoms with Crippen LogP contribution < -0.4 is 0 Å². The monoisotopic (exact) mass is 315 g/mol. The Labute approximate surface area is 131 Å². The Kier molecular flexibility index (Phi) is 5.36. The van der Waals surface area contributed by atoms with E-state index >= 15 is 0 Å². The molecule has 1 atom stereocenters. The lowest BCUT2D eigenvalue weighted by molar-refractivity contribution is -0.0294. The molecule has 1 unspecified atom stereocenters. The number of nitrogens with zero attached hydrogens (tertiary/aromatic N) is 1. The molecule has 1 aliphatic rings. The number of likely N-dealkylation sites (tertiary alicyclic amines) is 1. The molecule has 20 heavy (non-hydrogen) atoms. The van der Waals surface area contributed by atoms with Gasteiger partial charge in [-0.15, -0.1) is 0 Å². The van der Waals surface area contributed by atoms with Crippen LogP contribution in [-0.2, 0) is 0 Å². The number of aliphatic hydroxyl groups is 1. The largest absolute Gasteiger partial charge is 0.386 e. The van der Waals surface area contributed by atoms with E-state index in [9.17, 15) is 5.11 Å². The van der Waals surface area contributed by atoms with E-state index in [1.165, 1.54) is 12.8 Å². The van der Waals surface area contributed by atoms with Crippen molar-refractivity contribution in [3.8, 4) is 0 Å². The van der Waals surface area contributed by atoms with Crippen molar-refractivity contribution in [3.05, 3.63) is 33.8 Å². The van der Waals surface area contributed by atoms with E-state index in [0.29, 0.717) is 10.0 Å². The van der Waals surface area contributed by atoms with Crippen LogP contribution in [0.15, 0.2) is 18.2 Å². The molecule has 1 N–H and O–H groups in total. The van der Waals surface area contributed by atoms with Gasteiger partial charge in [-0.25, -0.2) is 0 Å². The summed E-state index contributed by atoms with van der Waals surface area (Å²) in [6.45, 7) is 6.39. The van der Waals surface area contributed by atoms with E-state index in [0.717, 1.165) is 31.5 Å². The number of rotatable bonds is 5. The Balaban J connectivity index is 2.40. The van der Waals surface area contributed by atoms with E-state index in [1.807, 2.05) is 12.1 Å². The molecule has 0 bridgehead atoms. The molecule has 2 rings (SSSR count). The minimum Gasteiger partial charge on any atom is -0.386 e. The number of hydrogen-bond donors (Lipinski definition) is 1. The first-order valence-electron chi connectivity index (χ1n) is 7.43. The minimum absolute atomic E-state index is 0.245. The zero-order chi connectivity index (χ0) is 14.8. The standard InChI is InChI=1S/C16H23Cl2NO/c1-3-16(4-2,19-10-5-6-11-19)15(20)12-8-7-9-13(17)14(12)18/h7-9,15,20H,3-6,10-11H2,1-2H3. The Hall–Kier alpha value is -0.280. The maximum Gasteiger partial charge on any atom is 0.0988 e. The van der Waals surface area contributed by atoms with E-state index in [4.69, 9.17) is 23.2 Å². The Morgan fingerprint density at radius 2 is 1.80 bits per heavy atom. The molecule has 0 aromatic heterocycles. The number of halogens is 2. The van der Waals surface area contributed by atoms with Crippen molar-refractivity contribution in [1.82, 2.24) is 4.90 Å². The molecular formula is C16H23Cl2NO. The van der Waals surface area contributed by atoms with Gasteiger partial charge >= 0.3 is 0 Å². The summed E-state index contributed by atoms with van der Waals surface area (Å²) in [7, 11) is 0. The Bertz CT molecular complexity index is 454. The highest BCUT2D eigenvalue weighted by atomic mass is 35.5. The van der Waals surface area contributed by atoms with Crippen LogP contribution in [0.25, 0.3) is 0 Å². The fourth-order valence-corrected chi connectivity index (χ4v) is 3.85. The topological polar surface area (TPSA) is 23.5 Å². The van der Waals surface area contributed by atoms with Crippen LogP contribution in [0.4, 0.5) is 0 Å². The van der Waals surface area contributed by atoms with Gasteiger partial charge in [0.25, 0.3) is 0 Å². The molecule has 4 heteroatoms. The molecule has 0 radical (unpaired) electrons. The van der Waals surface area contributed by atoms with Gasteiger partial charge in [0, 0.05) is 5.56 Å². The molecule has 0 amide bonds. The highest BCUT2D eigenvalue weighted by molar-refractivity contribution is 6.42. The average molecular weight is 316 g/mol. The van der Waals surface area contributed by atoms with Crippen LogP contribution in [0.3, 0.4) is 0 Å². The van der Waals surface area contributed by atoms with Gasteiger partial charge < -0.3 is 5.11 Å². The highest BCUT2D eigenvalue weighted by Crippen LogP contribution is 2.42. The van der Waals surface area contributed by atoms with Crippen molar-refractivity contribution in [2.24, 2.45) is 0 Å². The summed E-state index contributed by atoms with van der Waals surface area (Å²) in [5.41, 5.74) is 0.500. The van der Waals surface area contributed by atoms with Crippen LogP contribution in [0.5, 0.6) is 0 Å². The van der Waals surface area contributed by atoms with Crippen molar-refractivity contribution in [1.29, 1.82) is 0 Å². The van der Waals surface area contributed by atoms with Crippen LogP contribution in [0, 0.1) is 0 Å². The van der Waals surface area contributed by atoms with Gasteiger partial charge in [-0.3, -0.25) is 4.90 Å². The third kappa shape index (κ3) is 2.71. The van der Waals surface area contributed by atoms with Gasteiger partial charge in [-0.1, -0.05) is 49.2 Å². The first-order valence-corrected chi connectivity index (χ1v) is 8.19. The molecule has 2 nitrogen and oxygen atoms in total. The summed E-state index contributed by atoms with van der Waals surface area (Å²) in [6, 6.07) is 5.50. The summed E-state index contributed by atoms with van der Waals surface area (Å²) in [4.78, 5) is 2.43. The maximum absolute atomic E-state index is 11.0. The van der Waals surface area contributed by atoms with Gasteiger partial charge in [0.1, 0.15) is 0 Å². The molecule has 0 saturated carbocycles. The van der Waals surface area contributed by atoms with Crippen LogP contribution in [0.1, 0.15) is 51.2 Å². The quantitative estimate of drug-likeness (QED) is 0.852. The van der Waals surface area contributed by atoms with Gasteiger partial charge in [-0.05, 0) is 44.8 Å². The molecule has 1 fully saturated rings. The molecule has 1 aromatic rings. The van der Waals surface area contributed by atoms with Gasteiger partial charge in [-0.2, -0.15) is 0 Å². The summed E-state index contributed by atoms with van der Waals surface area (Å²) in [6.07, 6.45) is 3.60. The fraction of sp³-hybridized carbons (Fsp3) is 0.625. The number of aliphatic hydroxyl groups excluding tert-OH is 1. The second-order valence-corrected chi connectivity index (χ2v) is 6.34. The van der Waals surface area contributed by atoms with E-state index < -0.39 is 6.10 Å². The molecule has 1 aliphatic heterocycles. The molecule has 1 heterocycles. The number of benzene rings is 1. The molecule has 112 valence electrons. The third-order valence-corrected chi connectivity index (χ3v) is 5.58. The highest BCUT2D eigenvalue weighted by Gasteiger charge is 2.42. The summed E-state index contributed by atoms with van der Waals surface area (Å²) in [5.74, 6) is 0. The third-order valence-electron chi connectivity index (χ3n) is 4.75. The first kappa shape index (κ1) is 16.1. The summed E-state index contributed by atoms with van der Waals surface area (Å²) in [5, 5.41) is 12.0. The lowest BCUT2D eigenvalue weighted by atomic mass is 9.81. The smallest absolute Gasteiger partial charge is 0.0988 e. The predicted molar refractivity (Wildman–Crippen MR) is 85.5 cm³/mol. The minimum atomic E-state index is -0.609. The molecule has 0 spiro atoms. The van der Waals surface area contributed by atoms with Crippen molar-refractivity contribution < 1.29 is 5.11 Å². The van der Waals surface area contributed by atoms with Crippen molar-refractivity contribution in [2.75, 3.05) is 13.1 Å². The zero-order valence-corrected chi connectivity index (χ0v) is 13.7. The Morgan fingerprint density at radius 3 is 2.35 bits per heavy atom. The maximum atomic E-state index is 11.0. The van der Waals surface area contributed by atoms with E-state index in [-0.39, 0.29) is 5.54 Å². The van der Waals surface area contributed by atoms with Crippen molar-refractivity contribution >= 4 is 23.2 Å². The van der Waals surface area contributed by atoms with Crippen molar-refractivity contribution in [2.45, 2.75) is 51.2 Å². The second kappa shape index (κ2) is 6.65. The van der Waals surface area contributed by atoms with E-state index in [2.05, 4.69) is 18.7 Å². The number of hydrogen-bond acceptors (Lipinski definition) is 2. The lowest BCUT2D eigenvalue weighted by Crippen LogP contribution is -2.51. The normalized spacial score (nSPS) is 18.4. The fourth-order valence-electron chi connectivity index (χ4n) is 3.44. The zero-order valence-electron chi connectivity index (χ0n) is 12.2. The van der Waals surface area contributed by atoms with Crippen LogP contribution >= 0.6 is 23.2 Å². The summed E-state index contributed by atoms with van der Waals surface area (Å²) >= 11 is 12.4. The SMILES string of the molecule is CCC(CC)(C(O)c1cccc(Cl)c1Cl)N1CCCC1. The van der Waals surface area contributed by atoms with Gasteiger partial charge in [0.2, 0.25) is 0 Å². The predicted octanol–water partition coefficient (Wildman–Crippen LogP) is 4.68. The Morgan fingerprint density at radius 1 is 1.20 bits per heavy atom. The first-order chi connectivity index (χ1) is 9.56. The van der Waals surface area contributed by atoms with E-state index in [1.54, 1.807) is 6.07 Å². The summed E-state index contributed by atoms with van der Waals surface area (Å²) < 4.78 is 0. The van der Waals surface area contributed by atoms with Crippen LogP contribution in [0.2, 0.25) is 10.0 Å². The molecule has 1 saturated heterocycles. The second-order valence-electron chi connectivity index (χ2n) is 5.55. The van der Waals surface area contributed by atoms with Crippen molar-refractivity contribution in [3.63, 3.8) is 0 Å². The van der Waals surface area contributed by atoms with Crippen LogP contribution in [-0.4, -0.2) is 28.6 Å². The molecule has 0 aliphatic carbocycles. The molecular weight excluding hydrogens is 293 g/mol. The van der Waals surface area contributed by atoms with Gasteiger partial charge in [0.05, 0.1) is 21.7 Å². The lowest BCUT2D eigenvalue weighted by Gasteiger charge is -2.45.